The lowest BCUT2D eigenvalue weighted by atomic mass is 10.5. The molecule has 0 saturated heterocycles. The van der Waals surface area contributed by atoms with Crippen molar-refractivity contribution in [2.75, 3.05) is 26.7 Å². The monoisotopic (exact) mass is 211 g/mol. The molecule has 90 valence electrons. The Kier molecular flexibility index (Phi) is 38.0. The number of aliphatic carboxylic acids is 1. The molecule has 0 unspecified atom stereocenters. The average molecular weight is 211 g/mol. The maximum atomic E-state index is 9.00. The van der Waals surface area contributed by atoms with Crippen molar-refractivity contribution in [3.05, 3.63) is 0 Å². The van der Waals surface area contributed by atoms with Gasteiger partial charge in [0, 0.05) is 14.0 Å². The van der Waals surface area contributed by atoms with Crippen LogP contribution >= 0.6 is 0 Å². The Morgan fingerprint density at radius 2 is 1.21 bits per heavy atom. The zero-order valence-electron chi connectivity index (χ0n) is 9.87. The van der Waals surface area contributed by atoms with E-state index in [1.165, 1.54) is 19.6 Å². The minimum Gasteiger partial charge on any atom is -0.481 e. The molecule has 0 saturated carbocycles. The van der Waals surface area contributed by atoms with Crippen LogP contribution in [0.15, 0.2) is 0 Å². The Bertz CT molecular complexity index is 85.3. The molecule has 0 aliphatic carbocycles. The van der Waals surface area contributed by atoms with E-state index in [1.807, 2.05) is 0 Å². The van der Waals surface area contributed by atoms with Gasteiger partial charge in [0.15, 0.2) is 0 Å². The van der Waals surface area contributed by atoms with Crippen molar-refractivity contribution >= 4 is 5.97 Å². The van der Waals surface area contributed by atoms with Crippen LogP contribution in [0.5, 0.6) is 0 Å². The van der Waals surface area contributed by atoms with Gasteiger partial charge in [0.25, 0.3) is 5.97 Å². The summed E-state index contributed by atoms with van der Waals surface area (Å²) in [6.45, 7) is 11.2. The highest BCUT2D eigenvalue weighted by Gasteiger charge is 1.89. The molecule has 0 heterocycles. The van der Waals surface area contributed by atoms with Gasteiger partial charge in [0.05, 0.1) is 0 Å². The van der Waals surface area contributed by atoms with Crippen molar-refractivity contribution in [2.45, 2.75) is 27.7 Å². The Labute approximate surface area is 86.7 Å². The van der Waals surface area contributed by atoms with E-state index in [0.29, 0.717) is 0 Å². The lowest BCUT2D eigenvalue weighted by Crippen LogP contribution is -2.21. The van der Waals surface area contributed by atoms with E-state index in [2.05, 4.69) is 25.7 Å². The van der Waals surface area contributed by atoms with Crippen molar-refractivity contribution in [1.29, 1.82) is 0 Å². The van der Waals surface area contributed by atoms with Crippen LogP contribution in [-0.4, -0.2) is 53.3 Å². The van der Waals surface area contributed by atoms with E-state index >= 15 is 0 Å². The molecule has 0 spiro atoms. The number of rotatable bonds is 3. The highest BCUT2D eigenvalue weighted by molar-refractivity contribution is 5.62. The van der Waals surface area contributed by atoms with Crippen molar-refractivity contribution in [2.24, 2.45) is 0 Å². The summed E-state index contributed by atoms with van der Waals surface area (Å²) in [5.74, 6) is -0.833. The smallest absolute Gasteiger partial charge is 0.300 e. The number of carboxylic acid groups (broad SMARTS) is 1. The van der Waals surface area contributed by atoms with E-state index in [0.717, 1.165) is 14.0 Å². The number of carbonyl (C=O) groups is 1. The molecule has 0 aliphatic heterocycles. The van der Waals surface area contributed by atoms with Gasteiger partial charge in [-0.05, 0) is 19.6 Å². The number of aliphatic hydroxyl groups is 1. The molecule has 0 aromatic heterocycles. The highest BCUT2D eigenvalue weighted by atomic mass is 16.4. The van der Waals surface area contributed by atoms with Crippen LogP contribution in [0.1, 0.15) is 27.7 Å². The zero-order valence-corrected chi connectivity index (χ0v) is 9.87. The molecule has 4 N–H and O–H groups in total. The zero-order chi connectivity index (χ0) is 11.3. The lowest BCUT2D eigenvalue weighted by Gasteiger charge is -2.13. The third-order valence-electron chi connectivity index (χ3n) is 1.34. The predicted octanol–water partition coefficient (Wildman–Crippen LogP) is 0.223. The van der Waals surface area contributed by atoms with Crippen molar-refractivity contribution in [1.82, 2.24) is 4.90 Å². The fourth-order valence-electron chi connectivity index (χ4n) is 0.671. The van der Waals surface area contributed by atoms with E-state index in [9.17, 15) is 0 Å². The molecule has 0 radical (unpaired) electrons. The molecular formula is C9H25NO4. The minimum absolute atomic E-state index is 0. The van der Waals surface area contributed by atoms with Gasteiger partial charge < -0.3 is 20.6 Å². The van der Waals surface area contributed by atoms with E-state index < -0.39 is 5.97 Å². The second kappa shape index (κ2) is 22.8. The number of nitrogens with zero attached hydrogens (tertiary/aromatic N) is 1. The van der Waals surface area contributed by atoms with Crippen LogP contribution in [0.25, 0.3) is 0 Å². The van der Waals surface area contributed by atoms with Gasteiger partial charge in [0.2, 0.25) is 0 Å². The van der Waals surface area contributed by atoms with Gasteiger partial charge in [-0.3, -0.25) is 4.79 Å². The summed E-state index contributed by atoms with van der Waals surface area (Å²) in [6.07, 6.45) is 0. The SMILES string of the molecule is CC(=O)O.CCN(CC)CC.CO.O. The largest absolute Gasteiger partial charge is 0.481 e. The summed E-state index contributed by atoms with van der Waals surface area (Å²) in [7, 11) is 1.00. The molecule has 14 heavy (non-hydrogen) atoms. The normalized spacial score (nSPS) is 7.36. The quantitative estimate of drug-likeness (QED) is 0.698. The number of hydrogen-bond donors (Lipinski definition) is 2. The van der Waals surface area contributed by atoms with E-state index in [1.54, 1.807) is 0 Å². The number of carboxylic acids is 1. The van der Waals surface area contributed by atoms with Crippen molar-refractivity contribution < 1.29 is 20.5 Å². The second-order valence-corrected chi connectivity index (χ2v) is 2.14. The third kappa shape index (κ3) is 42.5. The van der Waals surface area contributed by atoms with Crippen LogP contribution < -0.4 is 0 Å². The van der Waals surface area contributed by atoms with Crippen molar-refractivity contribution in [3.8, 4) is 0 Å². The first-order chi connectivity index (χ1) is 6.08. The molecule has 0 fully saturated rings. The fraction of sp³-hybridized carbons (Fsp3) is 0.889. The number of aliphatic hydroxyl groups excluding tert-OH is 1. The first-order valence-electron chi connectivity index (χ1n) is 4.44. The summed E-state index contributed by atoms with van der Waals surface area (Å²) < 4.78 is 0. The number of hydrogen-bond acceptors (Lipinski definition) is 3. The third-order valence-corrected chi connectivity index (χ3v) is 1.34. The van der Waals surface area contributed by atoms with Gasteiger partial charge in [-0.15, -0.1) is 0 Å². The van der Waals surface area contributed by atoms with Gasteiger partial charge in [0.1, 0.15) is 0 Å². The van der Waals surface area contributed by atoms with Gasteiger partial charge in [-0.2, -0.15) is 0 Å². The molecule has 0 rings (SSSR count). The molecule has 5 nitrogen and oxygen atoms in total. The summed E-state index contributed by atoms with van der Waals surface area (Å²) in [6, 6.07) is 0. The predicted molar refractivity (Wildman–Crippen MR) is 58.5 cm³/mol. The van der Waals surface area contributed by atoms with Crippen LogP contribution in [0.2, 0.25) is 0 Å². The molecule has 0 bridgehead atoms. The highest BCUT2D eigenvalue weighted by Crippen LogP contribution is 1.81. The first-order valence-corrected chi connectivity index (χ1v) is 4.44. The molecule has 0 atom stereocenters. The van der Waals surface area contributed by atoms with Gasteiger partial charge in [-0.25, -0.2) is 0 Å². The van der Waals surface area contributed by atoms with Crippen LogP contribution in [0.4, 0.5) is 0 Å². The minimum atomic E-state index is -0.833. The molecule has 0 aromatic carbocycles. The molecule has 0 aliphatic rings. The van der Waals surface area contributed by atoms with E-state index in [4.69, 9.17) is 15.0 Å². The average Bonchev–Trinajstić information content (AvgIpc) is 2.10. The van der Waals surface area contributed by atoms with Crippen molar-refractivity contribution in [3.63, 3.8) is 0 Å². The summed E-state index contributed by atoms with van der Waals surface area (Å²) in [5, 5.41) is 14.4. The Morgan fingerprint density at radius 3 is 1.21 bits per heavy atom. The van der Waals surface area contributed by atoms with Crippen LogP contribution in [-0.2, 0) is 4.79 Å². The Hall–Kier alpha value is -0.650. The van der Waals surface area contributed by atoms with Crippen LogP contribution in [0.3, 0.4) is 0 Å². The summed E-state index contributed by atoms with van der Waals surface area (Å²) in [5.41, 5.74) is 0. The first kappa shape index (κ1) is 23.3. The summed E-state index contributed by atoms with van der Waals surface area (Å²) in [4.78, 5) is 11.4. The molecule has 0 aromatic rings. The lowest BCUT2D eigenvalue weighted by molar-refractivity contribution is -0.134. The second-order valence-electron chi connectivity index (χ2n) is 2.14. The Balaban J connectivity index is -0.0000000620. The van der Waals surface area contributed by atoms with Gasteiger partial charge in [-0.1, -0.05) is 20.8 Å². The summed E-state index contributed by atoms with van der Waals surface area (Å²) >= 11 is 0. The molecule has 0 amide bonds. The van der Waals surface area contributed by atoms with Crippen LogP contribution in [0, 0.1) is 0 Å². The molecular weight excluding hydrogens is 186 g/mol. The standard InChI is InChI=1S/C6H15N.C2H4O2.CH4O.H2O/c1-4-7(5-2)6-3;1-2(3)4;1-2;/h4-6H2,1-3H3;1H3,(H,3,4);2H,1H3;1H2. The fourth-order valence-corrected chi connectivity index (χ4v) is 0.671. The van der Waals surface area contributed by atoms with E-state index in [-0.39, 0.29) is 5.48 Å². The Morgan fingerprint density at radius 1 is 1.07 bits per heavy atom. The van der Waals surface area contributed by atoms with Gasteiger partial charge >= 0.3 is 0 Å². The topological polar surface area (TPSA) is 92.3 Å². The maximum Gasteiger partial charge on any atom is 0.300 e. The molecule has 5 heteroatoms. The maximum absolute atomic E-state index is 9.00.